The summed E-state index contributed by atoms with van der Waals surface area (Å²) in [7, 11) is -6.20. The van der Waals surface area contributed by atoms with E-state index in [0.29, 0.717) is 5.75 Å². The fourth-order valence-electron chi connectivity index (χ4n) is 1.48. The molecule has 20 heavy (non-hydrogen) atoms. The van der Waals surface area contributed by atoms with E-state index in [1.165, 1.54) is 36.8 Å². The lowest BCUT2D eigenvalue weighted by Gasteiger charge is -2.03. The number of hydrogen-bond donors (Lipinski definition) is 1. The highest BCUT2D eigenvalue weighted by atomic mass is 32.2. The summed E-state index contributed by atoms with van der Waals surface area (Å²) in [6.07, 6.45) is 0. The van der Waals surface area contributed by atoms with Crippen molar-refractivity contribution in [1.82, 2.24) is 0 Å². The number of primary sulfonamides is 1. The minimum Gasteiger partial charge on any atom is -0.497 e. The quantitative estimate of drug-likeness (QED) is 0.906. The van der Waals surface area contributed by atoms with Crippen molar-refractivity contribution < 1.29 is 21.6 Å². The normalized spacial score (nSPS) is 12.3. The van der Waals surface area contributed by atoms with Crippen molar-refractivity contribution in [2.24, 2.45) is 5.14 Å². The van der Waals surface area contributed by atoms with Crippen molar-refractivity contribution in [2.75, 3.05) is 7.11 Å². The summed E-state index contributed by atoms with van der Waals surface area (Å²) in [5.74, 6) is 0.527. The van der Waals surface area contributed by atoms with E-state index < -0.39 is 19.9 Å². The van der Waals surface area contributed by atoms with E-state index in [4.69, 9.17) is 9.88 Å². The molecule has 9 heteroatoms. The summed E-state index contributed by atoms with van der Waals surface area (Å²) in [6.45, 7) is 0. The number of nitrogens with two attached hydrogens (primary N) is 1. The van der Waals surface area contributed by atoms with Crippen LogP contribution in [0.2, 0.25) is 0 Å². The molecule has 0 saturated heterocycles. The smallest absolute Gasteiger partial charge is 0.247 e. The molecule has 0 saturated carbocycles. The van der Waals surface area contributed by atoms with Crippen LogP contribution in [0.5, 0.6) is 5.75 Å². The summed E-state index contributed by atoms with van der Waals surface area (Å²) in [5, 5.41) is 6.21. The van der Waals surface area contributed by atoms with Crippen LogP contribution in [0.1, 0.15) is 0 Å². The Morgan fingerprint density at radius 3 is 2.10 bits per heavy atom. The molecular weight excluding hydrogens is 322 g/mol. The molecule has 6 nitrogen and oxygen atoms in total. The maximum absolute atomic E-state index is 12.3. The average Bonchev–Trinajstić information content (AvgIpc) is 2.89. The second kappa shape index (κ2) is 5.17. The number of sulfonamides is 1. The second-order valence-corrected chi connectivity index (χ2v) is 8.47. The molecule has 0 fully saturated rings. The molecule has 2 rings (SSSR count). The molecule has 0 radical (unpaired) electrons. The third-order valence-electron chi connectivity index (χ3n) is 2.51. The summed E-state index contributed by atoms with van der Waals surface area (Å²) in [4.78, 5) is -0.0474. The summed E-state index contributed by atoms with van der Waals surface area (Å²) >= 11 is 0.769. The maximum atomic E-state index is 12.3. The van der Waals surface area contributed by atoms with E-state index in [-0.39, 0.29) is 14.0 Å². The summed E-state index contributed by atoms with van der Waals surface area (Å²) in [5.41, 5.74) is 0. The molecule has 108 valence electrons. The highest BCUT2D eigenvalue weighted by molar-refractivity contribution is 7.92. The van der Waals surface area contributed by atoms with Gasteiger partial charge in [0.15, 0.2) is 0 Å². The lowest BCUT2D eigenvalue weighted by molar-refractivity contribution is 0.414. The van der Waals surface area contributed by atoms with Crippen LogP contribution in [0.3, 0.4) is 0 Å². The van der Waals surface area contributed by atoms with Crippen molar-refractivity contribution in [3.05, 3.63) is 35.7 Å². The van der Waals surface area contributed by atoms with Crippen LogP contribution in [0.25, 0.3) is 0 Å². The van der Waals surface area contributed by atoms with Crippen LogP contribution in [0, 0.1) is 0 Å². The predicted molar refractivity (Wildman–Crippen MR) is 74.1 cm³/mol. The largest absolute Gasteiger partial charge is 0.497 e. The minimum absolute atomic E-state index is 0.0528. The van der Waals surface area contributed by atoms with Gasteiger partial charge in [0, 0.05) is 5.38 Å². The van der Waals surface area contributed by atoms with Crippen LogP contribution in [0.4, 0.5) is 0 Å². The van der Waals surface area contributed by atoms with Crippen LogP contribution < -0.4 is 9.88 Å². The second-order valence-electron chi connectivity index (χ2n) is 3.83. The number of methoxy groups -OCH3 is 1. The van der Waals surface area contributed by atoms with Gasteiger partial charge in [-0.3, -0.25) is 0 Å². The van der Waals surface area contributed by atoms with Gasteiger partial charge in [-0.2, -0.15) is 0 Å². The van der Waals surface area contributed by atoms with E-state index in [1.807, 2.05) is 0 Å². The molecule has 0 unspecified atom stereocenters. The van der Waals surface area contributed by atoms with Gasteiger partial charge in [0.1, 0.15) is 9.96 Å². The Kier molecular flexibility index (Phi) is 3.87. The number of ether oxygens (including phenoxy) is 1. The van der Waals surface area contributed by atoms with E-state index in [1.54, 1.807) is 0 Å². The average molecular weight is 333 g/mol. The maximum Gasteiger partial charge on any atom is 0.247 e. The van der Waals surface area contributed by atoms with Crippen molar-refractivity contribution in [2.45, 2.75) is 14.0 Å². The first kappa shape index (κ1) is 15.0. The zero-order chi connectivity index (χ0) is 15.0. The molecule has 0 bridgehead atoms. The molecule has 0 amide bonds. The van der Waals surface area contributed by atoms with Gasteiger partial charge in [0.2, 0.25) is 19.9 Å². The molecule has 0 atom stereocenters. The van der Waals surface area contributed by atoms with Gasteiger partial charge in [0.05, 0.1) is 16.9 Å². The van der Waals surface area contributed by atoms with Gasteiger partial charge in [-0.15, -0.1) is 11.3 Å². The Labute approximate surface area is 120 Å². The summed E-state index contributed by atoms with van der Waals surface area (Å²) in [6, 6.07) is 6.87. The Morgan fingerprint density at radius 2 is 1.65 bits per heavy atom. The fraction of sp³-hybridized carbons (Fsp3) is 0.0909. The van der Waals surface area contributed by atoms with Crippen LogP contribution in [-0.2, 0) is 19.9 Å². The molecule has 2 aromatic rings. The Hall–Kier alpha value is -1.42. The monoisotopic (exact) mass is 333 g/mol. The highest BCUT2D eigenvalue weighted by Crippen LogP contribution is 2.28. The zero-order valence-corrected chi connectivity index (χ0v) is 12.8. The Morgan fingerprint density at radius 1 is 1.05 bits per heavy atom. The fourth-order valence-corrected chi connectivity index (χ4v) is 4.79. The van der Waals surface area contributed by atoms with Crippen LogP contribution >= 0.6 is 11.3 Å². The number of thiophene rings is 1. The molecule has 0 aliphatic rings. The standard InChI is InChI=1S/C11H11NO5S3/c1-17-8-2-4-9(5-3-8)19(13,14)10-6-11(18-7-10)20(12,15)16/h2-7H,1H3,(H2,12,15,16). The van der Waals surface area contributed by atoms with Crippen LogP contribution in [-0.4, -0.2) is 23.9 Å². The van der Waals surface area contributed by atoms with Crippen LogP contribution in [0.15, 0.2) is 49.7 Å². The first-order valence-corrected chi connectivity index (χ1v) is 9.16. The van der Waals surface area contributed by atoms with E-state index in [9.17, 15) is 16.8 Å². The van der Waals surface area contributed by atoms with E-state index in [0.717, 1.165) is 17.4 Å². The minimum atomic E-state index is -3.90. The molecule has 1 aromatic carbocycles. The van der Waals surface area contributed by atoms with Gasteiger partial charge in [0.25, 0.3) is 0 Å². The highest BCUT2D eigenvalue weighted by Gasteiger charge is 2.22. The Bertz CT molecular complexity index is 819. The van der Waals surface area contributed by atoms with Crippen molar-refractivity contribution in [3.8, 4) is 5.75 Å². The third kappa shape index (κ3) is 2.85. The third-order valence-corrected chi connectivity index (χ3v) is 6.80. The molecule has 2 N–H and O–H groups in total. The SMILES string of the molecule is COc1ccc(S(=O)(=O)c2csc(S(N)(=O)=O)c2)cc1. The van der Waals surface area contributed by atoms with Gasteiger partial charge in [-0.25, -0.2) is 22.0 Å². The topological polar surface area (TPSA) is 104 Å². The number of benzene rings is 1. The van der Waals surface area contributed by atoms with Gasteiger partial charge < -0.3 is 4.74 Å². The number of sulfone groups is 1. The summed E-state index contributed by atoms with van der Waals surface area (Å²) < 4.78 is 51.7. The predicted octanol–water partition coefficient (Wildman–Crippen LogP) is 1.24. The van der Waals surface area contributed by atoms with E-state index >= 15 is 0 Å². The molecule has 0 aliphatic carbocycles. The van der Waals surface area contributed by atoms with Crippen molar-refractivity contribution in [1.29, 1.82) is 0 Å². The molecule has 1 aromatic heterocycles. The van der Waals surface area contributed by atoms with Gasteiger partial charge in [-0.1, -0.05) is 0 Å². The number of rotatable bonds is 4. The number of hydrogen-bond acceptors (Lipinski definition) is 6. The first-order valence-electron chi connectivity index (χ1n) is 5.25. The Balaban J connectivity index is 2.46. The molecule has 0 aliphatic heterocycles. The van der Waals surface area contributed by atoms with E-state index in [2.05, 4.69) is 0 Å². The molecule has 1 heterocycles. The lowest BCUT2D eigenvalue weighted by atomic mass is 10.3. The van der Waals surface area contributed by atoms with Gasteiger partial charge >= 0.3 is 0 Å². The lowest BCUT2D eigenvalue weighted by Crippen LogP contribution is -2.10. The molecular formula is C11H11NO5S3. The van der Waals surface area contributed by atoms with Gasteiger partial charge in [-0.05, 0) is 30.3 Å². The van der Waals surface area contributed by atoms with Crippen molar-refractivity contribution >= 4 is 31.2 Å². The molecule has 0 spiro atoms. The first-order chi connectivity index (χ1) is 9.25. The van der Waals surface area contributed by atoms with Crippen molar-refractivity contribution in [3.63, 3.8) is 0 Å². The zero-order valence-electron chi connectivity index (χ0n) is 10.3.